The maximum atomic E-state index is 12.4. The first-order valence-electron chi connectivity index (χ1n) is 8.18. The van der Waals surface area contributed by atoms with E-state index in [4.69, 9.17) is 5.11 Å². The molecule has 136 valence electrons. The number of carboxylic acids is 1. The molecular formula is C18H24N2O5. The molecule has 0 heterocycles. The Kier molecular flexibility index (Phi) is 8.32. The number of hydrogen-bond donors (Lipinski definition) is 2. The van der Waals surface area contributed by atoms with Crippen molar-refractivity contribution in [2.75, 3.05) is 13.1 Å². The number of aldehydes is 1. The molecule has 1 aromatic rings. The lowest BCUT2D eigenvalue weighted by Crippen LogP contribution is -2.41. The van der Waals surface area contributed by atoms with E-state index in [0.717, 1.165) is 18.3 Å². The Morgan fingerprint density at radius 1 is 1.24 bits per heavy atom. The van der Waals surface area contributed by atoms with E-state index in [1.165, 1.54) is 0 Å². The molecule has 25 heavy (non-hydrogen) atoms. The first-order valence-corrected chi connectivity index (χ1v) is 8.18. The summed E-state index contributed by atoms with van der Waals surface area (Å²) in [6.45, 7) is 3.71. The summed E-state index contributed by atoms with van der Waals surface area (Å²) in [5.41, 5.74) is 1.44. The van der Waals surface area contributed by atoms with Crippen molar-refractivity contribution in [3.05, 3.63) is 35.4 Å². The van der Waals surface area contributed by atoms with Crippen molar-refractivity contribution in [2.45, 2.75) is 39.2 Å². The molecule has 7 nitrogen and oxygen atoms in total. The zero-order valence-corrected chi connectivity index (χ0v) is 14.5. The number of amides is 2. The van der Waals surface area contributed by atoms with Crippen LogP contribution in [0.5, 0.6) is 0 Å². The van der Waals surface area contributed by atoms with Crippen LogP contribution in [0.15, 0.2) is 24.3 Å². The number of aliphatic carboxylic acids is 1. The Hall–Kier alpha value is -2.70. The van der Waals surface area contributed by atoms with Crippen LogP contribution in [-0.4, -0.2) is 53.2 Å². The summed E-state index contributed by atoms with van der Waals surface area (Å²) in [6.07, 6.45) is 1.69. The van der Waals surface area contributed by atoms with Crippen LogP contribution in [-0.2, 0) is 32.0 Å². The smallest absolute Gasteiger partial charge is 0.322 e. The zero-order valence-electron chi connectivity index (χ0n) is 14.5. The molecule has 0 aliphatic heterocycles. The minimum atomic E-state index is -1.10. The summed E-state index contributed by atoms with van der Waals surface area (Å²) in [7, 11) is 0. The third kappa shape index (κ3) is 7.15. The highest BCUT2D eigenvalue weighted by atomic mass is 16.4. The Balaban J connectivity index is 2.73. The van der Waals surface area contributed by atoms with Crippen LogP contribution in [0, 0.1) is 0 Å². The molecule has 0 aromatic heterocycles. The predicted molar refractivity (Wildman–Crippen MR) is 92.0 cm³/mol. The second-order valence-electron chi connectivity index (χ2n) is 5.81. The summed E-state index contributed by atoms with van der Waals surface area (Å²) in [5.74, 6) is -1.64. The highest BCUT2D eigenvalue weighted by molar-refractivity contribution is 5.83. The Morgan fingerprint density at radius 2 is 1.88 bits per heavy atom. The predicted octanol–water partition coefficient (Wildman–Crippen LogP) is 0.798. The molecule has 0 spiro atoms. The minimum Gasteiger partial charge on any atom is -0.480 e. The lowest BCUT2D eigenvalue weighted by molar-refractivity contribution is -0.137. The second-order valence-corrected chi connectivity index (χ2v) is 5.81. The Labute approximate surface area is 147 Å². The van der Waals surface area contributed by atoms with Gasteiger partial charge in [-0.2, -0.15) is 0 Å². The maximum absolute atomic E-state index is 12.4. The number of hydrogen-bond acceptors (Lipinski definition) is 4. The van der Waals surface area contributed by atoms with E-state index >= 15 is 0 Å². The van der Waals surface area contributed by atoms with Crippen LogP contribution in [0.3, 0.4) is 0 Å². The lowest BCUT2D eigenvalue weighted by Gasteiger charge is -2.25. The third-order valence-corrected chi connectivity index (χ3v) is 3.62. The molecule has 0 saturated heterocycles. The number of nitrogens with zero attached hydrogens (tertiary/aromatic N) is 1. The van der Waals surface area contributed by atoms with Gasteiger partial charge < -0.3 is 20.1 Å². The van der Waals surface area contributed by atoms with Crippen molar-refractivity contribution < 1.29 is 24.3 Å². The number of carbonyl (C=O) groups is 4. The van der Waals surface area contributed by atoms with Crippen molar-refractivity contribution in [2.24, 2.45) is 0 Å². The van der Waals surface area contributed by atoms with Crippen molar-refractivity contribution in [3.8, 4) is 0 Å². The van der Waals surface area contributed by atoms with Gasteiger partial charge in [-0.1, -0.05) is 31.2 Å². The fourth-order valence-corrected chi connectivity index (χ4v) is 2.42. The first-order chi connectivity index (χ1) is 11.9. The molecule has 0 unspecified atom stereocenters. The van der Waals surface area contributed by atoms with E-state index in [0.29, 0.717) is 12.1 Å². The molecule has 7 heteroatoms. The molecule has 0 bridgehead atoms. The van der Waals surface area contributed by atoms with Gasteiger partial charge >= 0.3 is 5.97 Å². The van der Waals surface area contributed by atoms with Crippen LogP contribution < -0.4 is 5.32 Å². The normalized spacial score (nSPS) is 11.4. The van der Waals surface area contributed by atoms with Crippen LogP contribution in [0.1, 0.15) is 31.4 Å². The van der Waals surface area contributed by atoms with Crippen molar-refractivity contribution in [1.82, 2.24) is 10.2 Å². The summed E-state index contributed by atoms with van der Waals surface area (Å²) in [5, 5.41) is 10.8. The fraction of sp³-hybridized carbons (Fsp3) is 0.444. The van der Waals surface area contributed by atoms with Crippen LogP contribution >= 0.6 is 0 Å². The molecular weight excluding hydrogens is 324 g/mol. The lowest BCUT2D eigenvalue weighted by atomic mass is 10.0. The molecule has 1 aromatic carbocycles. The van der Waals surface area contributed by atoms with Gasteiger partial charge in [-0.3, -0.25) is 14.4 Å². The number of carbonyl (C=O) groups excluding carboxylic acids is 3. The van der Waals surface area contributed by atoms with E-state index < -0.39 is 24.5 Å². The quantitative estimate of drug-likeness (QED) is 0.609. The topological polar surface area (TPSA) is 104 Å². The van der Waals surface area contributed by atoms with E-state index in [2.05, 4.69) is 5.32 Å². The molecule has 2 N–H and O–H groups in total. The van der Waals surface area contributed by atoms with Crippen molar-refractivity contribution in [1.29, 1.82) is 0 Å². The van der Waals surface area contributed by atoms with Gasteiger partial charge in [0.25, 0.3) is 0 Å². The molecule has 0 aliphatic carbocycles. The molecule has 0 fully saturated rings. The van der Waals surface area contributed by atoms with Crippen LogP contribution in [0.2, 0.25) is 0 Å². The van der Waals surface area contributed by atoms with Crippen LogP contribution in [0.4, 0.5) is 0 Å². The van der Waals surface area contributed by atoms with Crippen molar-refractivity contribution in [3.63, 3.8) is 0 Å². The van der Waals surface area contributed by atoms with E-state index in [9.17, 15) is 19.2 Å². The summed E-state index contributed by atoms with van der Waals surface area (Å²) in [4.78, 5) is 47.1. The second kappa shape index (κ2) is 10.2. The average Bonchev–Trinajstić information content (AvgIpc) is 2.57. The van der Waals surface area contributed by atoms with Gasteiger partial charge in [0.2, 0.25) is 11.8 Å². The van der Waals surface area contributed by atoms with Gasteiger partial charge in [0.05, 0.1) is 18.9 Å². The van der Waals surface area contributed by atoms with E-state index in [-0.39, 0.29) is 18.7 Å². The summed E-state index contributed by atoms with van der Waals surface area (Å²) in [6, 6.07) is 6.54. The van der Waals surface area contributed by atoms with Crippen LogP contribution in [0.25, 0.3) is 0 Å². The monoisotopic (exact) mass is 348 g/mol. The SMILES string of the molecule is CCCN(C(=O)Cc1cccc(CC(=O)NCC(=O)O)c1)[C@@H](C)C=O. The van der Waals surface area contributed by atoms with E-state index in [1.807, 2.05) is 6.92 Å². The summed E-state index contributed by atoms with van der Waals surface area (Å²) >= 11 is 0. The van der Waals surface area contributed by atoms with Crippen molar-refractivity contribution >= 4 is 24.1 Å². The minimum absolute atomic E-state index is 0.0404. The largest absolute Gasteiger partial charge is 0.480 e. The third-order valence-electron chi connectivity index (χ3n) is 3.62. The van der Waals surface area contributed by atoms with E-state index in [1.54, 1.807) is 36.1 Å². The Morgan fingerprint density at radius 3 is 2.44 bits per heavy atom. The zero-order chi connectivity index (χ0) is 18.8. The van der Waals surface area contributed by atoms with Gasteiger partial charge in [0.1, 0.15) is 12.8 Å². The first kappa shape index (κ1) is 20.3. The molecule has 1 rings (SSSR count). The van der Waals surface area contributed by atoms with Gasteiger partial charge in [-0.15, -0.1) is 0 Å². The average molecular weight is 348 g/mol. The van der Waals surface area contributed by atoms with Gasteiger partial charge in [-0.25, -0.2) is 0 Å². The number of rotatable bonds is 10. The molecule has 0 aliphatic rings. The Bertz CT molecular complexity index is 630. The molecule has 2 amide bonds. The number of carboxylic acid groups (broad SMARTS) is 1. The number of nitrogens with one attached hydrogen (secondary N) is 1. The van der Waals surface area contributed by atoms with Gasteiger partial charge in [-0.05, 0) is 24.5 Å². The molecule has 0 saturated carbocycles. The summed E-state index contributed by atoms with van der Waals surface area (Å²) < 4.78 is 0. The molecule has 0 radical (unpaired) electrons. The fourth-order valence-electron chi connectivity index (χ4n) is 2.42. The standard InChI is InChI=1S/C18H24N2O5/c1-3-7-20(13(2)12-21)17(23)10-15-6-4-5-14(8-15)9-16(22)19-11-18(24)25/h4-6,8,12-13H,3,7,9-11H2,1-2H3,(H,19,22)(H,24,25)/t13-/m0/s1. The number of benzene rings is 1. The van der Waals surface area contributed by atoms with Gasteiger partial charge in [0.15, 0.2) is 0 Å². The highest BCUT2D eigenvalue weighted by Crippen LogP contribution is 2.10. The van der Waals surface area contributed by atoms with Gasteiger partial charge in [0, 0.05) is 6.54 Å². The maximum Gasteiger partial charge on any atom is 0.322 e. The molecule has 1 atom stereocenters. The highest BCUT2D eigenvalue weighted by Gasteiger charge is 2.19.